The fourth-order valence-corrected chi connectivity index (χ4v) is 4.30. The molecule has 1 nitrogen and oxygen atoms in total. The molecule has 0 radical (unpaired) electrons. The van der Waals surface area contributed by atoms with Crippen molar-refractivity contribution in [2.75, 3.05) is 0 Å². The standard InChI is InChI=1S/C7H4Br2F2O/c8-5-3-1-2-4(12-3)6(5,9)7(5,10)11/h1-4H/t3-,4+,5+,6-. The molecule has 0 spiro atoms. The van der Waals surface area contributed by atoms with Crippen LogP contribution in [0.2, 0.25) is 0 Å². The summed E-state index contributed by atoms with van der Waals surface area (Å²) in [7, 11) is 0. The van der Waals surface area contributed by atoms with Gasteiger partial charge in [0.1, 0.15) is 8.65 Å². The van der Waals surface area contributed by atoms with Crippen LogP contribution in [-0.2, 0) is 4.74 Å². The van der Waals surface area contributed by atoms with Crippen molar-refractivity contribution >= 4 is 31.9 Å². The van der Waals surface area contributed by atoms with Crippen molar-refractivity contribution in [2.24, 2.45) is 0 Å². The molecule has 0 N–H and O–H groups in total. The molecular formula is C7H4Br2F2O. The van der Waals surface area contributed by atoms with Gasteiger partial charge in [0.05, 0.1) is 12.2 Å². The molecule has 2 fully saturated rings. The van der Waals surface area contributed by atoms with Crippen LogP contribution in [0.4, 0.5) is 8.78 Å². The fraction of sp³-hybridized carbons (Fsp3) is 0.714. The third-order valence-electron chi connectivity index (χ3n) is 2.92. The van der Waals surface area contributed by atoms with Crippen LogP contribution in [0.25, 0.3) is 0 Å². The maximum atomic E-state index is 13.3. The smallest absolute Gasteiger partial charge is 0.287 e. The zero-order valence-corrected chi connectivity index (χ0v) is 8.90. The summed E-state index contributed by atoms with van der Waals surface area (Å²) in [5.41, 5.74) is 0. The van der Waals surface area contributed by atoms with Crippen LogP contribution < -0.4 is 0 Å². The normalized spacial score (nSPS) is 63.7. The molecule has 5 heteroatoms. The van der Waals surface area contributed by atoms with E-state index in [4.69, 9.17) is 4.74 Å². The topological polar surface area (TPSA) is 9.23 Å². The Balaban J connectivity index is 2.19. The van der Waals surface area contributed by atoms with E-state index in [1.54, 1.807) is 12.2 Å². The van der Waals surface area contributed by atoms with Crippen LogP contribution in [0.5, 0.6) is 0 Å². The second kappa shape index (κ2) is 1.68. The van der Waals surface area contributed by atoms with Gasteiger partial charge in [0.15, 0.2) is 0 Å². The van der Waals surface area contributed by atoms with Gasteiger partial charge in [-0.3, -0.25) is 0 Å². The highest BCUT2D eigenvalue weighted by molar-refractivity contribution is 9.13. The molecule has 3 aliphatic rings. The molecule has 1 saturated heterocycles. The first kappa shape index (κ1) is 7.88. The monoisotopic (exact) mass is 300 g/mol. The Morgan fingerprint density at radius 1 is 1.08 bits per heavy atom. The second-order valence-corrected chi connectivity index (χ2v) is 5.86. The number of ether oxygens (including phenoxy) is 1. The van der Waals surface area contributed by atoms with Crippen molar-refractivity contribution in [2.45, 2.75) is 26.8 Å². The summed E-state index contributed by atoms with van der Waals surface area (Å²) in [5.74, 6) is -2.71. The predicted octanol–water partition coefficient (Wildman–Crippen LogP) is 2.24. The Bertz CT molecular complexity index is 280. The summed E-state index contributed by atoms with van der Waals surface area (Å²) in [6.07, 6.45) is 2.41. The summed E-state index contributed by atoms with van der Waals surface area (Å²) < 4.78 is 29.6. The highest BCUT2D eigenvalue weighted by Crippen LogP contribution is 2.80. The minimum absolute atomic E-state index is 0.489. The first-order chi connectivity index (χ1) is 5.46. The number of hydrogen-bond acceptors (Lipinski definition) is 1. The van der Waals surface area contributed by atoms with Crippen molar-refractivity contribution in [1.82, 2.24) is 0 Å². The summed E-state index contributed by atoms with van der Waals surface area (Å²) in [6, 6.07) is 0. The number of hydrogen-bond donors (Lipinski definition) is 0. The van der Waals surface area contributed by atoms with Gasteiger partial charge >= 0.3 is 0 Å². The van der Waals surface area contributed by atoms with Crippen molar-refractivity contribution in [3.8, 4) is 0 Å². The van der Waals surface area contributed by atoms with E-state index in [1.165, 1.54) is 0 Å². The molecule has 2 aliphatic heterocycles. The lowest BCUT2D eigenvalue weighted by Crippen LogP contribution is -2.26. The Labute approximate surface area is 84.4 Å². The lowest BCUT2D eigenvalue weighted by Gasteiger charge is -2.13. The average Bonchev–Trinajstić information content (AvgIpc) is 2.49. The van der Waals surface area contributed by atoms with E-state index in [1.807, 2.05) is 0 Å². The first-order valence-corrected chi connectivity index (χ1v) is 5.14. The maximum absolute atomic E-state index is 13.3. The van der Waals surface area contributed by atoms with Gasteiger partial charge in [0, 0.05) is 0 Å². The van der Waals surface area contributed by atoms with Gasteiger partial charge in [-0.1, -0.05) is 44.0 Å². The molecule has 2 heterocycles. The summed E-state index contributed by atoms with van der Waals surface area (Å²) in [4.78, 5) is 0. The summed E-state index contributed by atoms with van der Waals surface area (Å²) >= 11 is 6.16. The zero-order valence-electron chi connectivity index (χ0n) is 5.73. The summed E-state index contributed by atoms with van der Waals surface area (Å²) in [6.45, 7) is 0. The van der Waals surface area contributed by atoms with Crippen LogP contribution in [0.15, 0.2) is 12.2 Å². The molecule has 1 saturated carbocycles. The third-order valence-corrected chi connectivity index (χ3v) is 6.60. The molecule has 0 aromatic carbocycles. The van der Waals surface area contributed by atoms with Crippen molar-refractivity contribution in [1.29, 1.82) is 0 Å². The highest BCUT2D eigenvalue weighted by Gasteiger charge is 2.99. The molecule has 66 valence electrons. The number of alkyl halides is 4. The van der Waals surface area contributed by atoms with E-state index >= 15 is 0 Å². The van der Waals surface area contributed by atoms with E-state index in [0.717, 1.165) is 0 Å². The Morgan fingerprint density at radius 2 is 1.50 bits per heavy atom. The van der Waals surface area contributed by atoms with Crippen molar-refractivity contribution in [3.05, 3.63) is 12.2 Å². The number of halogens is 4. The Morgan fingerprint density at radius 3 is 1.83 bits per heavy atom. The fourth-order valence-electron chi connectivity index (χ4n) is 2.14. The van der Waals surface area contributed by atoms with Crippen molar-refractivity contribution < 1.29 is 13.5 Å². The van der Waals surface area contributed by atoms with Gasteiger partial charge in [0.2, 0.25) is 0 Å². The summed E-state index contributed by atoms with van der Waals surface area (Å²) in [5, 5.41) is 0. The van der Waals surface area contributed by atoms with Crippen LogP contribution in [0.3, 0.4) is 0 Å². The van der Waals surface area contributed by atoms with E-state index in [0.29, 0.717) is 0 Å². The molecule has 4 atom stereocenters. The van der Waals surface area contributed by atoms with E-state index in [-0.39, 0.29) is 0 Å². The second-order valence-electron chi connectivity index (χ2n) is 3.36. The third kappa shape index (κ3) is 0.441. The molecular weight excluding hydrogens is 298 g/mol. The molecule has 3 rings (SSSR count). The van der Waals surface area contributed by atoms with Gasteiger partial charge in [-0.2, -0.15) is 0 Å². The maximum Gasteiger partial charge on any atom is 0.287 e. The lowest BCUT2D eigenvalue weighted by molar-refractivity contribution is -0.00441. The zero-order chi connectivity index (χ0) is 8.78. The minimum Gasteiger partial charge on any atom is -0.363 e. The molecule has 0 aromatic rings. The van der Waals surface area contributed by atoms with E-state index in [2.05, 4.69) is 31.9 Å². The van der Waals surface area contributed by atoms with E-state index in [9.17, 15) is 8.78 Å². The molecule has 0 unspecified atom stereocenters. The SMILES string of the molecule is FC1(F)[C@]2(Br)[C@H]3C=C[C@H](O3)[C@]12Br. The van der Waals surface area contributed by atoms with Crippen LogP contribution in [-0.4, -0.2) is 26.8 Å². The largest absolute Gasteiger partial charge is 0.363 e. The van der Waals surface area contributed by atoms with E-state index < -0.39 is 26.8 Å². The first-order valence-electron chi connectivity index (χ1n) is 3.55. The Hall–Kier alpha value is 0.520. The highest BCUT2D eigenvalue weighted by atomic mass is 79.9. The molecule has 0 aromatic heterocycles. The van der Waals surface area contributed by atoms with Gasteiger partial charge < -0.3 is 4.74 Å². The minimum atomic E-state index is -2.71. The Kier molecular flexibility index (Phi) is 1.11. The van der Waals surface area contributed by atoms with Gasteiger partial charge in [-0.15, -0.1) is 0 Å². The molecule has 12 heavy (non-hydrogen) atoms. The van der Waals surface area contributed by atoms with Gasteiger partial charge in [-0.25, -0.2) is 8.78 Å². The molecule has 2 bridgehead atoms. The number of rotatable bonds is 0. The molecule has 0 amide bonds. The lowest BCUT2D eigenvalue weighted by atomic mass is 10.1. The average molecular weight is 302 g/mol. The quantitative estimate of drug-likeness (QED) is 0.492. The molecule has 1 aliphatic carbocycles. The van der Waals surface area contributed by atoms with Crippen LogP contribution >= 0.6 is 31.9 Å². The van der Waals surface area contributed by atoms with Crippen LogP contribution in [0, 0.1) is 0 Å². The van der Waals surface area contributed by atoms with Gasteiger partial charge in [0.25, 0.3) is 5.92 Å². The van der Waals surface area contributed by atoms with Crippen LogP contribution in [0.1, 0.15) is 0 Å². The van der Waals surface area contributed by atoms with Crippen molar-refractivity contribution in [3.63, 3.8) is 0 Å². The van der Waals surface area contributed by atoms with Gasteiger partial charge in [-0.05, 0) is 0 Å². The number of fused-ring (bicyclic) bond motifs is 5. The predicted molar refractivity (Wildman–Crippen MR) is 46.1 cm³/mol.